The van der Waals surface area contributed by atoms with E-state index >= 15 is 0 Å². The fourth-order valence-corrected chi connectivity index (χ4v) is 0.850. The summed E-state index contributed by atoms with van der Waals surface area (Å²) in [5, 5.41) is 0. The van der Waals surface area contributed by atoms with Crippen LogP contribution < -0.4 is 28.1 Å². The Hall–Kier alpha value is -1.18. The van der Waals surface area contributed by atoms with Gasteiger partial charge in [-0.15, -0.1) is 10.2 Å². The Morgan fingerprint density at radius 3 is 1.81 bits per heavy atom. The number of pyridine rings is 1. The minimum absolute atomic E-state index is 1.20. The number of hydrogen-bond acceptors (Lipinski definition) is 5. The molecular formula is C9H13ClN2O4. The van der Waals surface area contributed by atoms with Gasteiger partial charge in [-0.2, -0.15) is 4.57 Å². The van der Waals surface area contributed by atoms with Gasteiger partial charge in [-0.05, 0) is 6.58 Å². The summed E-state index contributed by atoms with van der Waals surface area (Å²) in [5.41, 5.74) is 1.20. The molecule has 0 aliphatic carbocycles. The lowest BCUT2D eigenvalue weighted by atomic mass is 10.4. The molecule has 6 nitrogen and oxygen atoms in total. The quantitative estimate of drug-likeness (QED) is 0.503. The van der Waals surface area contributed by atoms with E-state index in [1.807, 2.05) is 43.2 Å². The lowest BCUT2D eigenvalue weighted by molar-refractivity contribution is -2.00. The van der Waals surface area contributed by atoms with E-state index in [0.29, 0.717) is 0 Å². The molecule has 16 heavy (non-hydrogen) atoms. The molecule has 1 rings (SSSR count). The van der Waals surface area contributed by atoms with Crippen molar-refractivity contribution in [3.63, 3.8) is 0 Å². The van der Waals surface area contributed by atoms with Gasteiger partial charge in [0.2, 0.25) is 0 Å². The molecule has 1 aromatic heterocycles. The molecule has 0 aromatic carbocycles. The highest BCUT2D eigenvalue weighted by molar-refractivity contribution is 5.41. The van der Waals surface area contributed by atoms with E-state index in [1.54, 1.807) is 6.20 Å². The van der Waals surface area contributed by atoms with Crippen LogP contribution in [0.25, 0.3) is 6.20 Å². The first-order valence-corrected chi connectivity index (χ1v) is 5.40. The predicted octanol–water partition coefficient (Wildman–Crippen LogP) is -3.62. The SMILES string of the molecule is C=C[n+]1ccc(N(C)C)cc1.[O-][Cl+3]([O-])([O-])[O-]. The lowest BCUT2D eigenvalue weighted by Gasteiger charge is -2.17. The summed E-state index contributed by atoms with van der Waals surface area (Å²) in [6.45, 7) is 3.65. The number of nitrogens with zero attached hydrogens (tertiary/aromatic N) is 2. The van der Waals surface area contributed by atoms with E-state index in [-0.39, 0.29) is 0 Å². The second-order valence-corrected chi connectivity index (χ2v) is 3.71. The van der Waals surface area contributed by atoms with Gasteiger partial charge in [0, 0.05) is 31.9 Å². The van der Waals surface area contributed by atoms with Crippen molar-refractivity contribution in [2.24, 2.45) is 0 Å². The average molecular weight is 249 g/mol. The van der Waals surface area contributed by atoms with Crippen LogP contribution >= 0.6 is 0 Å². The van der Waals surface area contributed by atoms with E-state index in [4.69, 9.17) is 18.6 Å². The second-order valence-electron chi connectivity index (χ2n) is 2.96. The van der Waals surface area contributed by atoms with Gasteiger partial charge in [0.05, 0.1) is 0 Å². The smallest absolute Gasteiger partial charge is 0.176 e. The fraction of sp³-hybridized carbons (Fsp3) is 0.222. The van der Waals surface area contributed by atoms with Crippen LogP contribution in [0.1, 0.15) is 0 Å². The Morgan fingerprint density at radius 2 is 1.56 bits per heavy atom. The standard InChI is InChI=1S/C9H13N2.ClHO4/c1-4-11-7-5-9(6-8-11)10(2)3;2-1(3,4)5/h4-8H,1H2,2-3H3;(H,2,3,4,5)/q+1;/p-1. The van der Waals surface area contributed by atoms with Crippen LogP contribution in [0.5, 0.6) is 0 Å². The van der Waals surface area contributed by atoms with Gasteiger partial charge in [0.25, 0.3) is 0 Å². The van der Waals surface area contributed by atoms with Crippen molar-refractivity contribution in [3.8, 4) is 0 Å². The molecule has 0 fully saturated rings. The van der Waals surface area contributed by atoms with Gasteiger partial charge in [-0.25, -0.2) is 18.6 Å². The van der Waals surface area contributed by atoms with E-state index in [2.05, 4.69) is 11.5 Å². The Balaban J connectivity index is 0.000000385. The maximum Gasteiger partial charge on any atom is 0.176 e. The third-order valence-corrected chi connectivity index (χ3v) is 1.56. The minimum Gasteiger partial charge on any atom is -0.377 e. The van der Waals surface area contributed by atoms with Crippen molar-refractivity contribution in [1.29, 1.82) is 0 Å². The highest BCUT2D eigenvalue weighted by Crippen LogP contribution is 2.05. The molecule has 0 spiro atoms. The van der Waals surface area contributed by atoms with Crippen molar-refractivity contribution in [2.45, 2.75) is 0 Å². The Kier molecular flexibility index (Phi) is 5.94. The molecule has 0 radical (unpaired) electrons. The molecule has 0 unspecified atom stereocenters. The second kappa shape index (κ2) is 6.41. The van der Waals surface area contributed by atoms with Crippen molar-refractivity contribution in [3.05, 3.63) is 31.1 Å². The van der Waals surface area contributed by atoms with E-state index in [0.717, 1.165) is 0 Å². The summed E-state index contributed by atoms with van der Waals surface area (Å²) >= 11 is 0. The van der Waals surface area contributed by atoms with Crippen molar-refractivity contribution in [1.82, 2.24) is 0 Å². The van der Waals surface area contributed by atoms with Gasteiger partial charge < -0.3 is 4.90 Å². The fourth-order valence-electron chi connectivity index (χ4n) is 0.850. The number of rotatable bonds is 2. The first kappa shape index (κ1) is 14.8. The summed E-state index contributed by atoms with van der Waals surface area (Å²) in [4.78, 5) is 2.06. The van der Waals surface area contributed by atoms with Gasteiger partial charge in [0.15, 0.2) is 18.6 Å². The third kappa shape index (κ3) is 8.16. The van der Waals surface area contributed by atoms with E-state index < -0.39 is 10.2 Å². The van der Waals surface area contributed by atoms with Crippen LogP contribution in [0.15, 0.2) is 31.1 Å². The van der Waals surface area contributed by atoms with E-state index in [1.165, 1.54) is 5.69 Å². The molecule has 7 heteroatoms. The monoisotopic (exact) mass is 248 g/mol. The van der Waals surface area contributed by atoms with Crippen molar-refractivity contribution >= 4 is 11.9 Å². The molecule has 1 aromatic rings. The zero-order chi connectivity index (χ0) is 12.8. The van der Waals surface area contributed by atoms with Crippen LogP contribution in [-0.2, 0) is 0 Å². The normalized spacial score (nSPS) is 10.1. The summed E-state index contributed by atoms with van der Waals surface area (Å²) in [7, 11) is -0.902. The largest absolute Gasteiger partial charge is 0.377 e. The lowest BCUT2D eigenvalue weighted by Crippen LogP contribution is -2.68. The maximum absolute atomic E-state index is 8.49. The van der Waals surface area contributed by atoms with E-state index in [9.17, 15) is 0 Å². The molecule has 0 saturated heterocycles. The summed E-state index contributed by atoms with van der Waals surface area (Å²) in [6, 6.07) is 4.09. The van der Waals surface area contributed by atoms with Gasteiger partial charge in [-0.1, -0.05) is 0 Å². The molecule has 0 bridgehead atoms. The van der Waals surface area contributed by atoms with Gasteiger partial charge >= 0.3 is 0 Å². The molecule has 90 valence electrons. The number of aromatic nitrogens is 1. The van der Waals surface area contributed by atoms with Crippen molar-refractivity contribution < 1.29 is 33.4 Å². The molecule has 1 heterocycles. The van der Waals surface area contributed by atoms with Gasteiger partial charge in [0.1, 0.15) is 0 Å². The zero-order valence-electron chi connectivity index (χ0n) is 9.00. The molecule has 0 aliphatic heterocycles. The number of anilines is 1. The maximum atomic E-state index is 8.49. The molecule has 0 saturated carbocycles. The van der Waals surface area contributed by atoms with Crippen LogP contribution in [0, 0.1) is 10.2 Å². The first-order valence-electron chi connectivity index (χ1n) is 4.16. The topological polar surface area (TPSA) is 99.4 Å². The van der Waals surface area contributed by atoms with Crippen LogP contribution in [-0.4, -0.2) is 14.1 Å². The summed E-state index contributed by atoms with van der Waals surface area (Å²) in [6.07, 6.45) is 5.71. The van der Waals surface area contributed by atoms with Crippen LogP contribution in [0.4, 0.5) is 5.69 Å². The molecule has 0 aliphatic rings. The Bertz CT molecular complexity index is 315. The zero-order valence-corrected chi connectivity index (χ0v) is 9.76. The Morgan fingerprint density at radius 1 is 1.19 bits per heavy atom. The number of hydrogen-bond donors (Lipinski definition) is 0. The average Bonchev–Trinajstić information content (AvgIpc) is 2.15. The molecule has 0 amide bonds. The summed E-state index contributed by atoms with van der Waals surface area (Å²) < 4.78 is 35.9. The van der Waals surface area contributed by atoms with Crippen LogP contribution in [0.2, 0.25) is 0 Å². The molecular weight excluding hydrogens is 236 g/mol. The predicted molar refractivity (Wildman–Crippen MR) is 47.4 cm³/mol. The highest BCUT2D eigenvalue weighted by atomic mass is 35.7. The molecule has 0 atom stereocenters. The van der Waals surface area contributed by atoms with Gasteiger partial charge in [-0.3, -0.25) is 0 Å². The third-order valence-electron chi connectivity index (χ3n) is 1.56. The Labute approximate surface area is 96.0 Å². The first-order chi connectivity index (χ1) is 7.24. The van der Waals surface area contributed by atoms with Crippen molar-refractivity contribution in [2.75, 3.05) is 19.0 Å². The minimum atomic E-state index is -4.94. The van der Waals surface area contributed by atoms with Crippen LogP contribution in [0.3, 0.4) is 0 Å². The number of halogens is 1. The highest BCUT2D eigenvalue weighted by Gasteiger charge is 1.96. The molecule has 0 N–H and O–H groups in total. The summed E-state index contributed by atoms with van der Waals surface area (Å²) in [5.74, 6) is 0.